The van der Waals surface area contributed by atoms with E-state index in [1.54, 1.807) is 0 Å². The van der Waals surface area contributed by atoms with Gasteiger partial charge in [0, 0.05) is 12.0 Å². The van der Waals surface area contributed by atoms with Gasteiger partial charge in [-0.1, -0.05) is 13.0 Å². The van der Waals surface area contributed by atoms with Crippen LogP contribution in [-0.4, -0.2) is 11.3 Å². The second-order valence-corrected chi connectivity index (χ2v) is 4.27. The normalized spacial score (nSPS) is 11.6. The van der Waals surface area contributed by atoms with Gasteiger partial charge in [-0.3, -0.25) is 4.79 Å². The molecule has 1 aromatic carbocycles. The summed E-state index contributed by atoms with van der Waals surface area (Å²) in [5, 5.41) is 0. The highest BCUT2D eigenvalue weighted by Gasteiger charge is 2.30. The molecule has 2 rings (SSSR count). The molecule has 0 spiro atoms. The molecule has 0 aliphatic rings. The third-order valence-corrected chi connectivity index (χ3v) is 2.75. The summed E-state index contributed by atoms with van der Waals surface area (Å²) < 4.78 is 43.3. The van der Waals surface area contributed by atoms with E-state index in [4.69, 9.17) is 4.42 Å². The summed E-state index contributed by atoms with van der Waals surface area (Å²) in [5.41, 5.74) is -0.442. The minimum Gasteiger partial charge on any atom is -0.440 e. The number of carbonyl (C=O) groups is 1. The van der Waals surface area contributed by atoms with Crippen molar-refractivity contribution in [1.29, 1.82) is 0 Å². The summed E-state index contributed by atoms with van der Waals surface area (Å²) in [6, 6.07) is 4.67. The van der Waals surface area contributed by atoms with Crippen LogP contribution in [-0.2, 0) is 12.6 Å². The average Bonchev–Trinajstić information content (AvgIpc) is 2.82. The average molecular weight is 283 g/mol. The summed E-state index contributed by atoms with van der Waals surface area (Å²) in [7, 11) is 0. The van der Waals surface area contributed by atoms with Crippen LogP contribution in [0, 0.1) is 0 Å². The van der Waals surface area contributed by atoms with Gasteiger partial charge in [0.05, 0.1) is 5.56 Å². The fourth-order valence-corrected chi connectivity index (χ4v) is 1.81. The number of aldehydes is 1. The molecule has 0 amide bonds. The van der Waals surface area contributed by atoms with Crippen LogP contribution < -0.4 is 0 Å². The Bertz CT molecular complexity index is 617. The van der Waals surface area contributed by atoms with Crippen molar-refractivity contribution >= 4 is 6.29 Å². The standard InChI is InChI=1S/C14H12F3NO2/c1-2-4-12-11(8-19)18-13(20-12)9-5-3-6-10(7-9)14(15,16)17/h3,5-8H,2,4H2,1H3. The van der Waals surface area contributed by atoms with E-state index in [9.17, 15) is 18.0 Å². The zero-order valence-corrected chi connectivity index (χ0v) is 10.7. The van der Waals surface area contributed by atoms with Gasteiger partial charge in [-0.25, -0.2) is 4.98 Å². The van der Waals surface area contributed by atoms with E-state index in [0.29, 0.717) is 18.5 Å². The first kappa shape index (κ1) is 14.3. The third kappa shape index (κ3) is 2.89. The Morgan fingerprint density at radius 3 is 2.70 bits per heavy atom. The van der Waals surface area contributed by atoms with Crippen molar-refractivity contribution < 1.29 is 22.4 Å². The Labute approximate surface area is 113 Å². The second kappa shape index (κ2) is 5.48. The number of oxazole rings is 1. The molecule has 106 valence electrons. The Morgan fingerprint density at radius 1 is 1.35 bits per heavy atom. The molecule has 0 saturated carbocycles. The molecule has 0 unspecified atom stereocenters. The van der Waals surface area contributed by atoms with Crippen LogP contribution in [0.5, 0.6) is 0 Å². The van der Waals surface area contributed by atoms with E-state index in [2.05, 4.69) is 4.98 Å². The Morgan fingerprint density at radius 2 is 2.10 bits per heavy atom. The largest absolute Gasteiger partial charge is 0.440 e. The highest BCUT2D eigenvalue weighted by Crippen LogP contribution is 2.32. The van der Waals surface area contributed by atoms with Crippen molar-refractivity contribution in [2.45, 2.75) is 25.9 Å². The Hall–Kier alpha value is -2.11. The van der Waals surface area contributed by atoms with Crippen LogP contribution in [0.25, 0.3) is 11.5 Å². The summed E-state index contributed by atoms with van der Waals surface area (Å²) in [6.07, 6.45) is -2.62. The van der Waals surface area contributed by atoms with Gasteiger partial charge in [-0.05, 0) is 24.6 Å². The first-order valence-corrected chi connectivity index (χ1v) is 6.08. The van der Waals surface area contributed by atoms with E-state index in [-0.39, 0.29) is 17.1 Å². The molecule has 0 radical (unpaired) electrons. The lowest BCUT2D eigenvalue weighted by atomic mass is 10.1. The lowest BCUT2D eigenvalue weighted by Crippen LogP contribution is -2.04. The summed E-state index contributed by atoms with van der Waals surface area (Å²) in [4.78, 5) is 14.8. The maximum absolute atomic E-state index is 12.6. The molecule has 2 aromatic rings. The highest BCUT2D eigenvalue weighted by atomic mass is 19.4. The van der Waals surface area contributed by atoms with Gasteiger partial charge >= 0.3 is 6.18 Å². The number of hydrogen-bond acceptors (Lipinski definition) is 3. The fraction of sp³-hybridized carbons (Fsp3) is 0.286. The minimum atomic E-state index is -4.43. The molecule has 20 heavy (non-hydrogen) atoms. The second-order valence-electron chi connectivity index (χ2n) is 4.27. The molecule has 0 saturated heterocycles. The number of alkyl halides is 3. The molecule has 0 N–H and O–H groups in total. The predicted molar refractivity (Wildman–Crippen MR) is 66.3 cm³/mol. The summed E-state index contributed by atoms with van der Waals surface area (Å²) >= 11 is 0. The molecule has 0 bridgehead atoms. The molecule has 0 fully saturated rings. The molecule has 0 atom stereocenters. The number of benzene rings is 1. The zero-order chi connectivity index (χ0) is 14.8. The lowest BCUT2D eigenvalue weighted by molar-refractivity contribution is -0.137. The predicted octanol–water partition coefficient (Wildman–Crippen LogP) is 4.13. The number of carbonyl (C=O) groups excluding carboxylic acids is 1. The van der Waals surface area contributed by atoms with Gasteiger partial charge in [-0.15, -0.1) is 0 Å². The van der Waals surface area contributed by atoms with Crippen LogP contribution in [0.1, 0.15) is 35.2 Å². The molecule has 6 heteroatoms. The van der Waals surface area contributed by atoms with E-state index < -0.39 is 11.7 Å². The minimum absolute atomic E-state index is 0.0293. The van der Waals surface area contributed by atoms with Gasteiger partial charge in [0.25, 0.3) is 0 Å². The number of hydrogen-bond donors (Lipinski definition) is 0. The van der Waals surface area contributed by atoms with Gasteiger partial charge < -0.3 is 4.42 Å². The van der Waals surface area contributed by atoms with Crippen LogP contribution in [0.15, 0.2) is 28.7 Å². The van der Waals surface area contributed by atoms with Crippen molar-refractivity contribution in [3.05, 3.63) is 41.3 Å². The first-order valence-electron chi connectivity index (χ1n) is 6.08. The zero-order valence-electron chi connectivity index (χ0n) is 10.7. The summed E-state index contributed by atoms with van der Waals surface area (Å²) in [5.74, 6) is 0.427. The van der Waals surface area contributed by atoms with E-state index >= 15 is 0 Å². The maximum Gasteiger partial charge on any atom is 0.416 e. The molecule has 1 aromatic heterocycles. The third-order valence-electron chi connectivity index (χ3n) is 2.75. The van der Waals surface area contributed by atoms with Gasteiger partial charge in [0.2, 0.25) is 5.89 Å². The lowest BCUT2D eigenvalue weighted by Gasteiger charge is -2.06. The Balaban J connectivity index is 2.44. The number of aromatic nitrogens is 1. The molecular weight excluding hydrogens is 271 g/mol. The molecule has 1 heterocycles. The van der Waals surface area contributed by atoms with Gasteiger partial charge in [-0.2, -0.15) is 13.2 Å². The molecule has 3 nitrogen and oxygen atoms in total. The fourth-order valence-electron chi connectivity index (χ4n) is 1.81. The van der Waals surface area contributed by atoms with Crippen LogP contribution in [0.3, 0.4) is 0 Å². The monoisotopic (exact) mass is 283 g/mol. The highest BCUT2D eigenvalue weighted by molar-refractivity contribution is 5.74. The van der Waals surface area contributed by atoms with Gasteiger partial charge in [0.1, 0.15) is 11.5 Å². The number of rotatable bonds is 4. The number of aryl methyl sites for hydroxylation is 1. The van der Waals surface area contributed by atoms with Gasteiger partial charge in [0.15, 0.2) is 6.29 Å². The number of nitrogens with zero attached hydrogens (tertiary/aromatic N) is 1. The molecule has 0 aliphatic carbocycles. The smallest absolute Gasteiger partial charge is 0.416 e. The van der Waals surface area contributed by atoms with E-state index in [0.717, 1.165) is 18.6 Å². The summed E-state index contributed by atoms with van der Waals surface area (Å²) in [6.45, 7) is 1.90. The maximum atomic E-state index is 12.6. The van der Waals surface area contributed by atoms with Crippen LogP contribution >= 0.6 is 0 Å². The van der Waals surface area contributed by atoms with Crippen molar-refractivity contribution in [3.8, 4) is 11.5 Å². The first-order chi connectivity index (χ1) is 9.45. The SMILES string of the molecule is CCCc1oc(-c2cccc(C(F)(F)F)c2)nc1C=O. The molecular formula is C14H12F3NO2. The van der Waals surface area contributed by atoms with Crippen molar-refractivity contribution in [2.75, 3.05) is 0 Å². The van der Waals surface area contributed by atoms with Crippen molar-refractivity contribution in [2.24, 2.45) is 0 Å². The quantitative estimate of drug-likeness (QED) is 0.792. The number of halogens is 3. The van der Waals surface area contributed by atoms with Crippen LogP contribution in [0.2, 0.25) is 0 Å². The molecule has 0 aliphatic heterocycles. The Kier molecular flexibility index (Phi) is 3.92. The van der Waals surface area contributed by atoms with Crippen molar-refractivity contribution in [1.82, 2.24) is 4.98 Å². The van der Waals surface area contributed by atoms with Crippen LogP contribution in [0.4, 0.5) is 13.2 Å². The van der Waals surface area contributed by atoms with Crippen molar-refractivity contribution in [3.63, 3.8) is 0 Å². The van der Waals surface area contributed by atoms with E-state index in [1.807, 2.05) is 6.92 Å². The topological polar surface area (TPSA) is 43.1 Å². The van der Waals surface area contributed by atoms with E-state index in [1.165, 1.54) is 12.1 Å².